The second-order valence-corrected chi connectivity index (χ2v) is 8.44. The van der Waals surface area contributed by atoms with Crippen molar-refractivity contribution < 1.29 is 4.79 Å². The molecule has 0 aliphatic heterocycles. The number of amides is 1. The predicted molar refractivity (Wildman–Crippen MR) is 103 cm³/mol. The van der Waals surface area contributed by atoms with Crippen LogP contribution < -0.4 is 5.32 Å². The van der Waals surface area contributed by atoms with Crippen molar-refractivity contribution in [2.75, 3.05) is 6.54 Å². The molecule has 0 radical (unpaired) electrons. The van der Waals surface area contributed by atoms with E-state index < -0.39 is 0 Å². The summed E-state index contributed by atoms with van der Waals surface area (Å²) in [5.74, 6) is 0.856. The molecule has 3 nitrogen and oxygen atoms in total. The molecule has 1 N–H and O–H groups in total. The summed E-state index contributed by atoms with van der Waals surface area (Å²) in [5, 5.41) is 7.09. The molecular weight excluding hydrogens is 356 g/mol. The zero-order chi connectivity index (χ0) is 16.8. The van der Waals surface area contributed by atoms with Crippen LogP contribution in [0.15, 0.2) is 51.5 Å². The van der Waals surface area contributed by atoms with Gasteiger partial charge in [0, 0.05) is 33.8 Å². The van der Waals surface area contributed by atoms with Crippen LogP contribution in [0.4, 0.5) is 0 Å². The van der Waals surface area contributed by atoms with Crippen molar-refractivity contribution in [1.82, 2.24) is 10.3 Å². The molecule has 0 saturated carbocycles. The van der Waals surface area contributed by atoms with Gasteiger partial charge in [0.2, 0.25) is 0 Å². The highest BCUT2D eigenvalue weighted by Gasteiger charge is 2.06. The highest BCUT2D eigenvalue weighted by Crippen LogP contribution is 2.26. The Morgan fingerprint density at radius 1 is 1.21 bits per heavy atom. The number of thiazole rings is 1. The summed E-state index contributed by atoms with van der Waals surface area (Å²) in [4.78, 5) is 17.9. The molecule has 0 atom stereocenters. The molecule has 3 aromatic rings. The molecule has 0 saturated heterocycles. The summed E-state index contributed by atoms with van der Waals surface area (Å²) in [6.45, 7) is 2.67. The second-order valence-electron chi connectivity index (χ2n) is 5.33. The van der Waals surface area contributed by atoms with E-state index in [-0.39, 0.29) is 5.91 Å². The number of carbonyl (C=O) groups is 1. The highest BCUT2D eigenvalue weighted by molar-refractivity contribution is 8.00. The number of aryl methyl sites for hydroxylation is 1. The van der Waals surface area contributed by atoms with Crippen LogP contribution in [0.1, 0.15) is 26.5 Å². The van der Waals surface area contributed by atoms with Crippen molar-refractivity contribution in [3.63, 3.8) is 0 Å². The molecule has 0 bridgehead atoms. The van der Waals surface area contributed by atoms with E-state index in [9.17, 15) is 4.79 Å². The molecule has 0 aliphatic carbocycles. The van der Waals surface area contributed by atoms with Crippen LogP contribution in [0.25, 0.3) is 0 Å². The van der Waals surface area contributed by atoms with Gasteiger partial charge in [-0.25, -0.2) is 4.98 Å². The first-order valence-electron chi connectivity index (χ1n) is 7.65. The lowest BCUT2D eigenvalue weighted by atomic mass is 10.1. The van der Waals surface area contributed by atoms with Gasteiger partial charge in [0.1, 0.15) is 4.34 Å². The minimum Gasteiger partial charge on any atom is -0.352 e. The van der Waals surface area contributed by atoms with Gasteiger partial charge in [0.15, 0.2) is 0 Å². The van der Waals surface area contributed by atoms with Crippen LogP contribution in [0.3, 0.4) is 0 Å². The lowest BCUT2D eigenvalue weighted by Gasteiger charge is -2.05. The minimum absolute atomic E-state index is 0.0127. The van der Waals surface area contributed by atoms with Gasteiger partial charge < -0.3 is 5.32 Å². The number of thiophene rings is 1. The van der Waals surface area contributed by atoms with E-state index in [1.54, 1.807) is 34.4 Å². The van der Waals surface area contributed by atoms with E-state index in [4.69, 9.17) is 0 Å². The number of thioether (sulfide) groups is 1. The topological polar surface area (TPSA) is 42.0 Å². The van der Waals surface area contributed by atoms with Gasteiger partial charge in [-0.15, -0.1) is 22.7 Å². The van der Waals surface area contributed by atoms with E-state index >= 15 is 0 Å². The number of carbonyl (C=O) groups excluding carboxylic acids is 1. The van der Waals surface area contributed by atoms with Crippen LogP contribution >= 0.6 is 34.4 Å². The number of hydrogen-bond acceptors (Lipinski definition) is 5. The fraction of sp³-hybridized carbons (Fsp3) is 0.222. The van der Waals surface area contributed by atoms with Crippen molar-refractivity contribution in [2.24, 2.45) is 0 Å². The van der Waals surface area contributed by atoms with E-state index in [1.807, 2.05) is 37.3 Å². The van der Waals surface area contributed by atoms with Crippen LogP contribution in [0.2, 0.25) is 0 Å². The Morgan fingerprint density at radius 2 is 2.04 bits per heavy atom. The molecule has 124 valence electrons. The van der Waals surface area contributed by atoms with E-state index in [1.165, 1.54) is 10.4 Å². The van der Waals surface area contributed by atoms with Crippen molar-refractivity contribution in [1.29, 1.82) is 0 Å². The standard InChI is InChI=1S/C18H18N2OS3/c1-13-11-23-18(20-13)24-12-14-4-6-15(7-5-14)17(21)19-9-8-16-3-2-10-22-16/h2-7,10-11H,8-9,12H2,1H3,(H,19,21). The van der Waals surface area contributed by atoms with Crippen molar-refractivity contribution in [2.45, 2.75) is 23.4 Å². The summed E-state index contributed by atoms with van der Waals surface area (Å²) in [5.41, 5.74) is 2.97. The quantitative estimate of drug-likeness (QED) is 0.605. The smallest absolute Gasteiger partial charge is 0.251 e. The number of nitrogens with zero attached hydrogens (tertiary/aromatic N) is 1. The second kappa shape index (κ2) is 8.46. The molecule has 2 heterocycles. The Balaban J connectivity index is 1.47. The maximum absolute atomic E-state index is 12.1. The monoisotopic (exact) mass is 374 g/mol. The molecular formula is C18H18N2OS3. The summed E-state index contributed by atoms with van der Waals surface area (Å²) in [6.07, 6.45) is 0.880. The SMILES string of the molecule is Cc1csc(SCc2ccc(C(=O)NCCc3cccs3)cc2)n1. The third-order valence-electron chi connectivity index (χ3n) is 3.41. The van der Waals surface area contributed by atoms with E-state index in [0.29, 0.717) is 12.1 Å². The molecule has 0 fully saturated rings. The van der Waals surface area contributed by atoms with Crippen LogP contribution in [-0.2, 0) is 12.2 Å². The Bertz CT molecular complexity index is 779. The molecule has 6 heteroatoms. The molecule has 1 aromatic carbocycles. The first-order chi connectivity index (χ1) is 11.7. The third kappa shape index (κ3) is 4.93. The maximum Gasteiger partial charge on any atom is 0.251 e. The van der Waals surface area contributed by atoms with E-state index in [0.717, 1.165) is 22.2 Å². The van der Waals surface area contributed by atoms with Crippen molar-refractivity contribution in [3.8, 4) is 0 Å². The third-order valence-corrected chi connectivity index (χ3v) is 6.56. The number of hydrogen-bond donors (Lipinski definition) is 1. The average molecular weight is 375 g/mol. The van der Waals surface area contributed by atoms with Crippen molar-refractivity contribution in [3.05, 3.63) is 68.9 Å². The highest BCUT2D eigenvalue weighted by atomic mass is 32.2. The Hall–Kier alpha value is -1.63. The largest absolute Gasteiger partial charge is 0.352 e. The Kier molecular flexibility index (Phi) is 6.07. The summed E-state index contributed by atoms with van der Waals surface area (Å²) < 4.78 is 1.09. The molecule has 3 rings (SSSR count). The molecule has 24 heavy (non-hydrogen) atoms. The molecule has 0 spiro atoms. The van der Waals surface area contributed by atoms with Gasteiger partial charge in [0.05, 0.1) is 0 Å². The summed E-state index contributed by atoms with van der Waals surface area (Å²) in [6, 6.07) is 11.9. The molecule has 0 aliphatic rings. The predicted octanol–water partition coefficient (Wildman–Crippen LogP) is 4.78. The van der Waals surface area contributed by atoms with Crippen molar-refractivity contribution >= 4 is 40.3 Å². The fourth-order valence-electron chi connectivity index (χ4n) is 2.15. The average Bonchev–Trinajstić information content (AvgIpc) is 3.25. The zero-order valence-electron chi connectivity index (χ0n) is 13.3. The minimum atomic E-state index is -0.0127. The summed E-state index contributed by atoms with van der Waals surface area (Å²) in [7, 11) is 0. The van der Waals surface area contributed by atoms with Gasteiger partial charge in [-0.05, 0) is 42.5 Å². The first-order valence-corrected chi connectivity index (χ1v) is 10.4. The number of benzene rings is 1. The van der Waals surface area contributed by atoms with Gasteiger partial charge in [-0.2, -0.15) is 0 Å². The van der Waals surface area contributed by atoms with Crippen LogP contribution in [0, 0.1) is 6.92 Å². The van der Waals surface area contributed by atoms with Gasteiger partial charge in [-0.3, -0.25) is 4.79 Å². The maximum atomic E-state index is 12.1. The van der Waals surface area contributed by atoms with Crippen LogP contribution in [-0.4, -0.2) is 17.4 Å². The lowest BCUT2D eigenvalue weighted by molar-refractivity contribution is 0.0954. The lowest BCUT2D eigenvalue weighted by Crippen LogP contribution is -2.25. The normalized spacial score (nSPS) is 10.7. The number of nitrogens with one attached hydrogen (secondary N) is 1. The van der Waals surface area contributed by atoms with Gasteiger partial charge >= 0.3 is 0 Å². The van der Waals surface area contributed by atoms with Gasteiger partial charge in [-0.1, -0.05) is 30.0 Å². The number of aromatic nitrogens is 1. The zero-order valence-corrected chi connectivity index (χ0v) is 15.8. The molecule has 0 unspecified atom stereocenters. The Labute approximate surface area is 154 Å². The molecule has 1 amide bonds. The summed E-state index contributed by atoms with van der Waals surface area (Å²) >= 11 is 5.12. The van der Waals surface area contributed by atoms with Crippen LogP contribution in [0.5, 0.6) is 0 Å². The number of rotatable bonds is 7. The fourth-order valence-corrected chi connectivity index (χ4v) is 4.67. The van der Waals surface area contributed by atoms with Gasteiger partial charge in [0.25, 0.3) is 5.91 Å². The molecule has 2 aromatic heterocycles. The Morgan fingerprint density at radius 3 is 2.71 bits per heavy atom. The van der Waals surface area contributed by atoms with E-state index in [2.05, 4.69) is 27.1 Å². The first kappa shape index (κ1) is 17.2.